The summed E-state index contributed by atoms with van der Waals surface area (Å²) >= 11 is 0. The third-order valence-electron chi connectivity index (χ3n) is 4.57. The molecule has 0 spiro atoms. The monoisotopic (exact) mass is 601 g/mol. The second-order valence-electron chi connectivity index (χ2n) is 6.93. The van der Waals surface area contributed by atoms with Gasteiger partial charge in [0.1, 0.15) is 0 Å². The summed E-state index contributed by atoms with van der Waals surface area (Å²) in [5.41, 5.74) is 4.07. The molecule has 3 heterocycles. The fourth-order valence-corrected chi connectivity index (χ4v) is 3.39. The maximum atomic E-state index is 10.0. The topological polar surface area (TPSA) is 86.5 Å². The number of allylic oxidation sites excluding steroid dienone is 2. The Morgan fingerprint density at radius 1 is 1.12 bits per heavy atom. The Morgan fingerprint density at radius 3 is 2.56 bits per heavy atom. The molecule has 8 heteroatoms. The van der Waals surface area contributed by atoms with E-state index in [1.807, 2.05) is 59.2 Å². The second-order valence-corrected chi connectivity index (χ2v) is 6.93. The number of aromatic nitrogens is 4. The van der Waals surface area contributed by atoms with E-state index >= 15 is 0 Å². The molecule has 0 saturated carbocycles. The summed E-state index contributed by atoms with van der Waals surface area (Å²) in [5.74, 6) is 0.540. The van der Waals surface area contributed by atoms with Gasteiger partial charge in [-0.3, -0.25) is 9.78 Å². The van der Waals surface area contributed by atoms with Crippen molar-refractivity contribution in [1.29, 1.82) is 0 Å². The van der Waals surface area contributed by atoms with Gasteiger partial charge in [-0.25, -0.2) is 4.85 Å². The van der Waals surface area contributed by atoms with Crippen molar-refractivity contribution in [1.82, 2.24) is 19.5 Å². The van der Waals surface area contributed by atoms with Gasteiger partial charge in [0.2, 0.25) is 0 Å². The fraction of sp³-hybridized carbons (Fsp3) is 0.0833. The molecule has 32 heavy (non-hydrogen) atoms. The van der Waals surface area contributed by atoms with Gasteiger partial charge in [0.15, 0.2) is 11.5 Å². The van der Waals surface area contributed by atoms with Crippen molar-refractivity contribution in [3.05, 3.63) is 84.0 Å². The molecule has 0 amide bonds. The van der Waals surface area contributed by atoms with Gasteiger partial charge < -0.3 is 19.6 Å². The summed E-state index contributed by atoms with van der Waals surface area (Å²) in [4.78, 5) is 27.4. The number of hydrogen-bond acceptors (Lipinski definition) is 4. The summed E-state index contributed by atoms with van der Waals surface area (Å²) in [6, 6.07) is 17.4. The molecule has 3 aromatic heterocycles. The Hall–Kier alpha value is -3.79. The molecular weight excluding hydrogens is 583 g/mol. The van der Waals surface area contributed by atoms with Crippen LogP contribution in [0.3, 0.4) is 0 Å². The number of aliphatic hydroxyl groups excluding tert-OH is 1. The molecule has 0 unspecified atom stereocenters. The Kier molecular flexibility index (Phi) is 6.84. The number of fused-ring (bicyclic) bond motifs is 4. The zero-order valence-corrected chi connectivity index (χ0v) is 19.7. The molecular formula is C24H18IrN5O2-. The van der Waals surface area contributed by atoms with Gasteiger partial charge in [0, 0.05) is 54.7 Å². The molecule has 0 bridgehead atoms. The van der Waals surface area contributed by atoms with Crippen molar-refractivity contribution in [2.75, 3.05) is 0 Å². The molecule has 0 aliphatic carbocycles. The quantitative estimate of drug-likeness (QED) is 0.170. The van der Waals surface area contributed by atoms with Crippen molar-refractivity contribution < 1.29 is 30.0 Å². The maximum absolute atomic E-state index is 10.0. The van der Waals surface area contributed by atoms with Crippen molar-refractivity contribution in [3.63, 3.8) is 0 Å². The molecule has 0 atom stereocenters. The van der Waals surface area contributed by atoms with Crippen LogP contribution in [-0.2, 0) is 24.9 Å². The Bertz CT molecular complexity index is 1470. The summed E-state index contributed by atoms with van der Waals surface area (Å²) in [7, 11) is 0. The first-order valence-electron chi connectivity index (χ1n) is 9.52. The molecule has 0 aliphatic rings. The Balaban J connectivity index is 0.000000318. The Labute approximate surface area is 197 Å². The number of para-hydroxylation sites is 2. The van der Waals surface area contributed by atoms with Crippen LogP contribution in [0.2, 0.25) is 0 Å². The molecule has 5 aromatic rings. The standard InChI is InChI=1S/C19H10N5.C5H8O2.Ir/c1-20-12-8-9-17-14(11-12)13-5-4-10-21-18(13)24(17)19-22-15-6-2-3-7-16(15)23-19;1-4(6)3-5(2)7;/h2-11H;3,6H,1-2H3;/q-1;;/b;4-3-;. The van der Waals surface area contributed by atoms with E-state index in [0.717, 1.165) is 33.0 Å². The van der Waals surface area contributed by atoms with E-state index in [2.05, 4.69) is 19.8 Å². The average Bonchev–Trinajstić information content (AvgIpc) is 3.31. The van der Waals surface area contributed by atoms with E-state index in [1.165, 1.54) is 19.9 Å². The van der Waals surface area contributed by atoms with Crippen molar-refractivity contribution in [2.45, 2.75) is 13.8 Å². The molecule has 0 saturated heterocycles. The number of ketones is 1. The molecule has 161 valence electrons. The number of benzene rings is 2. The molecule has 0 aliphatic heterocycles. The minimum absolute atomic E-state index is 0. The molecule has 7 nitrogen and oxygen atoms in total. The van der Waals surface area contributed by atoms with Gasteiger partial charge in [-0.2, -0.15) is 0 Å². The largest absolute Gasteiger partial charge is 0.512 e. The zero-order chi connectivity index (χ0) is 22.0. The van der Waals surface area contributed by atoms with E-state index in [1.54, 1.807) is 6.20 Å². The van der Waals surface area contributed by atoms with Gasteiger partial charge in [-0.1, -0.05) is 42.5 Å². The van der Waals surface area contributed by atoms with Crippen LogP contribution in [0.5, 0.6) is 0 Å². The number of imidazole rings is 1. The first-order valence-corrected chi connectivity index (χ1v) is 9.52. The second kappa shape index (κ2) is 9.56. The smallest absolute Gasteiger partial charge is 0.187 e. The summed E-state index contributed by atoms with van der Waals surface area (Å²) < 4.78 is 1.96. The van der Waals surface area contributed by atoms with E-state index in [9.17, 15) is 4.79 Å². The van der Waals surface area contributed by atoms with E-state index < -0.39 is 0 Å². The summed E-state index contributed by atoms with van der Waals surface area (Å²) in [5, 5.41) is 10.3. The van der Waals surface area contributed by atoms with Crippen LogP contribution in [0.15, 0.2) is 72.6 Å². The van der Waals surface area contributed by atoms with Crippen LogP contribution in [0.4, 0.5) is 5.69 Å². The predicted molar refractivity (Wildman–Crippen MR) is 121 cm³/mol. The van der Waals surface area contributed by atoms with Gasteiger partial charge >= 0.3 is 0 Å². The third kappa shape index (κ3) is 4.45. The summed E-state index contributed by atoms with van der Waals surface area (Å²) in [6.07, 6.45) is 2.93. The Morgan fingerprint density at radius 2 is 1.91 bits per heavy atom. The number of aliphatic hydroxyl groups is 1. The third-order valence-corrected chi connectivity index (χ3v) is 4.57. The van der Waals surface area contributed by atoms with Gasteiger partial charge in [0.05, 0.1) is 18.0 Å². The van der Waals surface area contributed by atoms with Gasteiger partial charge in [-0.15, -0.1) is 0 Å². The average molecular weight is 601 g/mol. The number of rotatable bonds is 2. The number of carbonyl (C=O) groups is 1. The number of nitrogens with zero attached hydrogens (tertiary/aromatic N) is 5. The number of carbonyl (C=O) groups excluding carboxylic acids is 1. The van der Waals surface area contributed by atoms with Crippen LogP contribution < -0.4 is 4.98 Å². The minimum Gasteiger partial charge on any atom is -0.512 e. The molecule has 1 N–H and O–H groups in total. The molecule has 0 fully saturated rings. The van der Waals surface area contributed by atoms with Crippen LogP contribution in [0.1, 0.15) is 13.8 Å². The number of hydrogen-bond donors (Lipinski definition) is 1. The van der Waals surface area contributed by atoms with Crippen molar-refractivity contribution >= 4 is 44.4 Å². The predicted octanol–water partition coefficient (Wildman–Crippen LogP) is 5.27. The normalized spacial score (nSPS) is 11.0. The van der Waals surface area contributed by atoms with E-state index in [-0.39, 0.29) is 31.6 Å². The van der Waals surface area contributed by atoms with Crippen LogP contribution in [0.25, 0.3) is 43.8 Å². The van der Waals surface area contributed by atoms with E-state index in [4.69, 9.17) is 11.7 Å². The van der Waals surface area contributed by atoms with Crippen LogP contribution in [0, 0.1) is 6.57 Å². The number of pyridine rings is 1. The molecule has 5 rings (SSSR count). The van der Waals surface area contributed by atoms with E-state index in [0.29, 0.717) is 11.6 Å². The first-order chi connectivity index (χ1) is 15.0. The van der Waals surface area contributed by atoms with Crippen LogP contribution >= 0.6 is 0 Å². The summed E-state index contributed by atoms with van der Waals surface area (Å²) in [6.45, 7) is 10.1. The zero-order valence-electron chi connectivity index (χ0n) is 17.3. The fourth-order valence-electron chi connectivity index (χ4n) is 3.39. The first kappa shape index (κ1) is 22.9. The van der Waals surface area contributed by atoms with Gasteiger partial charge in [0.25, 0.3) is 0 Å². The minimum atomic E-state index is -0.125. The molecule has 1 radical (unpaired) electrons. The van der Waals surface area contributed by atoms with Crippen molar-refractivity contribution in [3.8, 4) is 5.95 Å². The van der Waals surface area contributed by atoms with Gasteiger partial charge in [-0.05, 0) is 36.9 Å². The van der Waals surface area contributed by atoms with Crippen LogP contribution in [-0.4, -0.2) is 25.4 Å². The molecule has 2 aromatic carbocycles. The van der Waals surface area contributed by atoms with Crippen molar-refractivity contribution in [2.24, 2.45) is 0 Å². The maximum Gasteiger partial charge on any atom is 0.187 e. The SMILES string of the molecule is CC(=O)/C=C(/C)O.[C-]#[N+]c1ccc2c(c1)c1cccnc1n2-c1nc2ccccc2[n-]1.[Ir].